The van der Waals surface area contributed by atoms with Gasteiger partial charge in [0.05, 0.1) is 5.75 Å². The number of aromatic nitrogens is 4. The fourth-order valence-electron chi connectivity index (χ4n) is 2.90. The van der Waals surface area contributed by atoms with Crippen LogP contribution in [0.2, 0.25) is 0 Å². The van der Waals surface area contributed by atoms with Crippen LogP contribution in [0.15, 0.2) is 47.9 Å². The Hall–Kier alpha value is -2.67. The normalized spacial score (nSPS) is 10.8. The van der Waals surface area contributed by atoms with Crippen LogP contribution in [0.1, 0.15) is 25.0 Å². The molecule has 0 radical (unpaired) electrons. The van der Waals surface area contributed by atoms with Crippen LogP contribution in [0.5, 0.6) is 0 Å². The van der Waals surface area contributed by atoms with Gasteiger partial charge in [-0.2, -0.15) is 0 Å². The number of nitrogens with one attached hydrogen (secondary N) is 1. The number of hydrogen-bond donors (Lipinski definition) is 1. The highest BCUT2D eigenvalue weighted by atomic mass is 32.2. The zero-order valence-corrected chi connectivity index (χ0v) is 16.6. The van der Waals surface area contributed by atoms with E-state index in [2.05, 4.69) is 46.5 Å². The van der Waals surface area contributed by atoms with Crippen LogP contribution in [0, 0.1) is 0 Å². The van der Waals surface area contributed by atoms with E-state index >= 15 is 0 Å². The zero-order chi connectivity index (χ0) is 19.2. The van der Waals surface area contributed by atoms with Crippen molar-refractivity contribution in [3.63, 3.8) is 0 Å². The molecular formula is C20H23N5OS. The molecule has 3 rings (SSSR count). The van der Waals surface area contributed by atoms with Gasteiger partial charge in [-0.25, -0.2) is 0 Å². The summed E-state index contributed by atoms with van der Waals surface area (Å²) < 4.78 is 1.89. The van der Waals surface area contributed by atoms with Gasteiger partial charge in [0.1, 0.15) is 0 Å². The smallest absolute Gasteiger partial charge is 0.234 e. The number of carbonyl (C=O) groups is 1. The van der Waals surface area contributed by atoms with E-state index in [0.29, 0.717) is 5.16 Å². The molecule has 27 heavy (non-hydrogen) atoms. The standard InChI is InChI=1S/C20H23N5OS/c1-4-14-7-6-8-15(5-2)18(14)22-17(26)13-27-20-24-23-19(25(20)3)16-9-11-21-12-10-16/h6-12H,4-5,13H2,1-3H3,(H,22,26). The number of para-hydroxylation sites is 1. The first-order valence-corrected chi connectivity index (χ1v) is 9.95. The molecular weight excluding hydrogens is 358 g/mol. The summed E-state index contributed by atoms with van der Waals surface area (Å²) in [5, 5.41) is 12.2. The third-order valence-electron chi connectivity index (χ3n) is 4.37. The molecule has 2 aromatic heterocycles. The first kappa shape index (κ1) is 19.1. The van der Waals surface area contributed by atoms with Crippen molar-refractivity contribution in [1.82, 2.24) is 19.7 Å². The molecule has 0 saturated heterocycles. The molecule has 140 valence electrons. The third kappa shape index (κ3) is 4.36. The van der Waals surface area contributed by atoms with E-state index in [4.69, 9.17) is 0 Å². The van der Waals surface area contributed by atoms with E-state index in [0.717, 1.165) is 41.0 Å². The van der Waals surface area contributed by atoms with Crippen LogP contribution < -0.4 is 5.32 Å². The lowest BCUT2D eigenvalue weighted by Crippen LogP contribution is -2.17. The number of anilines is 1. The Bertz CT molecular complexity index is 901. The molecule has 0 saturated carbocycles. The summed E-state index contributed by atoms with van der Waals surface area (Å²) in [7, 11) is 1.90. The molecule has 2 heterocycles. The fraction of sp³-hybridized carbons (Fsp3) is 0.300. The molecule has 1 aromatic carbocycles. The third-order valence-corrected chi connectivity index (χ3v) is 5.39. The van der Waals surface area contributed by atoms with Crippen LogP contribution in [-0.2, 0) is 24.7 Å². The predicted octanol–water partition coefficient (Wildman–Crippen LogP) is 3.73. The number of thioether (sulfide) groups is 1. The van der Waals surface area contributed by atoms with Crippen LogP contribution in [-0.4, -0.2) is 31.4 Å². The van der Waals surface area contributed by atoms with Crippen molar-refractivity contribution < 1.29 is 4.79 Å². The Kier molecular flexibility index (Phi) is 6.24. The van der Waals surface area contributed by atoms with Crippen LogP contribution in [0.4, 0.5) is 5.69 Å². The first-order valence-electron chi connectivity index (χ1n) is 8.97. The van der Waals surface area contributed by atoms with Crippen molar-refractivity contribution in [2.24, 2.45) is 7.05 Å². The molecule has 0 atom stereocenters. The van der Waals surface area contributed by atoms with Crippen LogP contribution in [0.25, 0.3) is 11.4 Å². The van der Waals surface area contributed by atoms with Gasteiger partial charge in [-0.15, -0.1) is 10.2 Å². The minimum absolute atomic E-state index is 0.0379. The second kappa shape index (κ2) is 8.81. The Labute approximate surface area is 163 Å². The van der Waals surface area contributed by atoms with Gasteiger partial charge < -0.3 is 9.88 Å². The second-order valence-electron chi connectivity index (χ2n) is 6.10. The first-order chi connectivity index (χ1) is 13.1. The summed E-state index contributed by atoms with van der Waals surface area (Å²) in [5.41, 5.74) is 4.21. The van der Waals surface area contributed by atoms with E-state index in [1.807, 2.05) is 29.8 Å². The molecule has 0 aliphatic rings. The predicted molar refractivity (Wildman–Crippen MR) is 109 cm³/mol. The summed E-state index contributed by atoms with van der Waals surface area (Å²) in [6.45, 7) is 4.19. The van der Waals surface area contributed by atoms with Gasteiger partial charge in [0.2, 0.25) is 5.91 Å². The van der Waals surface area contributed by atoms with E-state index < -0.39 is 0 Å². The highest BCUT2D eigenvalue weighted by molar-refractivity contribution is 7.99. The number of carbonyl (C=O) groups excluding carboxylic acids is 1. The summed E-state index contributed by atoms with van der Waals surface area (Å²) in [5.74, 6) is 0.998. The Balaban J connectivity index is 1.68. The number of nitrogens with zero attached hydrogens (tertiary/aromatic N) is 4. The van der Waals surface area contributed by atoms with Crippen molar-refractivity contribution in [1.29, 1.82) is 0 Å². The number of pyridine rings is 1. The average molecular weight is 382 g/mol. The number of aryl methyl sites for hydroxylation is 2. The van der Waals surface area contributed by atoms with Gasteiger partial charge in [-0.3, -0.25) is 9.78 Å². The number of amides is 1. The molecule has 6 nitrogen and oxygen atoms in total. The molecule has 1 N–H and O–H groups in total. The van der Waals surface area contributed by atoms with Crippen molar-refractivity contribution >= 4 is 23.4 Å². The largest absolute Gasteiger partial charge is 0.325 e. The lowest BCUT2D eigenvalue weighted by molar-refractivity contribution is -0.113. The molecule has 0 unspecified atom stereocenters. The second-order valence-corrected chi connectivity index (χ2v) is 7.04. The SMILES string of the molecule is CCc1cccc(CC)c1NC(=O)CSc1nnc(-c2ccncc2)n1C. The highest BCUT2D eigenvalue weighted by Gasteiger charge is 2.14. The Morgan fingerprint density at radius 2 is 1.74 bits per heavy atom. The minimum atomic E-state index is -0.0379. The quantitative estimate of drug-likeness (QED) is 0.631. The lowest BCUT2D eigenvalue weighted by Gasteiger charge is -2.14. The van der Waals surface area contributed by atoms with Gasteiger partial charge >= 0.3 is 0 Å². The van der Waals surface area contributed by atoms with Crippen LogP contribution in [0.3, 0.4) is 0 Å². The fourth-order valence-corrected chi connectivity index (χ4v) is 3.61. The molecule has 0 aliphatic carbocycles. The maximum absolute atomic E-state index is 12.5. The molecule has 3 aromatic rings. The summed E-state index contributed by atoms with van der Waals surface area (Å²) in [4.78, 5) is 16.5. The highest BCUT2D eigenvalue weighted by Crippen LogP contribution is 2.25. The van der Waals surface area contributed by atoms with Crippen molar-refractivity contribution in [2.75, 3.05) is 11.1 Å². The van der Waals surface area contributed by atoms with E-state index in [1.165, 1.54) is 11.8 Å². The lowest BCUT2D eigenvalue weighted by atomic mass is 10.0. The Morgan fingerprint density at radius 1 is 1.07 bits per heavy atom. The van der Waals surface area contributed by atoms with E-state index in [-0.39, 0.29) is 11.7 Å². The minimum Gasteiger partial charge on any atom is -0.325 e. The number of benzene rings is 1. The summed E-state index contributed by atoms with van der Waals surface area (Å²) >= 11 is 1.38. The summed E-state index contributed by atoms with van der Waals surface area (Å²) in [6, 6.07) is 9.94. The molecule has 0 spiro atoms. The average Bonchev–Trinajstić information content (AvgIpc) is 3.07. The number of rotatable bonds is 7. The van der Waals surface area contributed by atoms with E-state index in [1.54, 1.807) is 12.4 Å². The van der Waals surface area contributed by atoms with Gasteiger partial charge in [-0.05, 0) is 36.1 Å². The molecule has 0 aliphatic heterocycles. The van der Waals surface area contributed by atoms with Gasteiger partial charge in [0.15, 0.2) is 11.0 Å². The monoisotopic (exact) mass is 381 g/mol. The molecule has 0 bridgehead atoms. The van der Waals surface area contributed by atoms with Crippen molar-refractivity contribution in [3.8, 4) is 11.4 Å². The molecule has 7 heteroatoms. The van der Waals surface area contributed by atoms with Gasteiger partial charge in [-0.1, -0.05) is 43.8 Å². The maximum atomic E-state index is 12.5. The Morgan fingerprint density at radius 3 is 2.37 bits per heavy atom. The summed E-state index contributed by atoms with van der Waals surface area (Å²) in [6.07, 6.45) is 5.21. The maximum Gasteiger partial charge on any atom is 0.234 e. The van der Waals surface area contributed by atoms with Crippen LogP contribution >= 0.6 is 11.8 Å². The van der Waals surface area contributed by atoms with Crippen molar-refractivity contribution in [2.45, 2.75) is 31.8 Å². The number of hydrogen-bond acceptors (Lipinski definition) is 5. The van der Waals surface area contributed by atoms with Crippen molar-refractivity contribution in [3.05, 3.63) is 53.9 Å². The topological polar surface area (TPSA) is 72.7 Å². The van der Waals surface area contributed by atoms with Gasteiger partial charge in [0, 0.05) is 30.7 Å². The molecule has 1 amide bonds. The molecule has 0 fully saturated rings. The van der Waals surface area contributed by atoms with Gasteiger partial charge in [0.25, 0.3) is 0 Å². The zero-order valence-electron chi connectivity index (χ0n) is 15.8. The van der Waals surface area contributed by atoms with E-state index in [9.17, 15) is 4.79 Å².